The number of aromatic nitrogens is 1. The summed E-state index contributed by atoms with van der Waals surface area (Å²) < 4.78 is 12.8. The first kappa shape index (κ1) is 12.4. The highest BCUT2D eigenvalue weighted by molar-refractivity contribution is 6.17. The first-order chi connectivity index (χ1) is 7.26. The number of rotatable bonds is 6. The van der Waals surface area contributed by atoms with E-state index in [9.17, 15) is 4.39 Å². The van der Waals surface area contributed by atoms with Gasteiger partial charge in [0.1, 0.15) is 5.82 Å². The second-order valence-electron chi connectivity index (χ2n) is 3.48. The van der Waals surface area contributed by atoms with Crippen molar-refractivity contribution in [2.24, 2.45) is 0 Å². The number of hydrogen-bond acceptors (Lipinski definition) is 2. The lowest BCUT2D eigenvalue weighted by molar-refractivity contribution is 0.484. The number of nitrogens with one attached hydrogen (secondary N) is 1. The molecule has 84 valence electrons. The first-order valence-corrected chi connectivity index (χ1v) is 5.68. The Morgan fingerprint density at radius 3 is 2.93 bits per heavy atom. The molecule has 0 fully saturated rings. The molecule has 0 spiro atoms. The lowest BCUT2D eigenvalue weighted by Crippen LogP contribution is -2.28. The van der Waals surface area contributed by atoms with Crippen molar-refractivity contribution < 1.29 is 4.39 Å². The predicted molar refractivity (Wildman–Crippen MR) is 60.5 cm³/mol. The zero-order valence-electron chi connectivity index (χ0n) is 8.84. The zero-order chi connectivity index (χ0) is 11.1. The highest BCUT2D eigenvalue weighted by Gasteiger charge is 2.04. The Bertz CT molecular complexity index is 294. The van der Waals surface area contributed by atoms with Gasteiger partial charge in [-0.05, 0) is 24.5 Å². The van der Waals surface area contributed by atoms with Crippen LogP contribution in [0.25, 0.3) is 0 Å². The van der Waals surface area contributed by atoms with Gasteiger partial charge in [0.15, 0.2) is 0 Å². The van der Waals surface area contributed by atoms with Crippen LogP contribution in [0, 0.1) is 5.82 Å². The first-order valence-electron chi connectivity index (χ1n) is 5.15. The number of alkyl halides is 1. The van der Waals surface area contributed by atoms with E-state index < -0.39 is 0 Å². The number of halogens is 2. The maximum atomic E-state index is 12.8. The largest absolute Gasteiger partial charge is 0.310 e. The molecule has 1 rings (SSSR count). The Morgan fingerprint density at radius 2 is 2.33 bits per heavy atom. The molecule has 4 heteroatoms. The van der Waals surface area contributed by atoms with Crippen molar-refractivity contribution in [1.82, 2.24) is 10.3 Å². The molecule has 0 aliphatic heterocycles. The molecule has 0 aromatic carbocycles. The predicted octanol–water partition coefficient (Wildman–Crippen LogP) is 2.72. The van der Waals surface area contributed by atoms with E-state index in [-0.39, 0.29) is 5.82 Å². The van der Waals surface area contributed by atoms with Gasteiger partial charge in [-0.15, -0.1) is 11.6 Å². The Kier molecular flexibility index (Phi) is 5.58. The molecule has 1 atom stereocenters. The number of pyridine rings is 1. The van der Waals surface area contributed by atoms with Crippen molar-refractivity contribution in [3.63, 3.8) is 0 Å². The molecule has 0 saturated heterocycles. The van der Waals surface area contributed by atoms with E-state index in [0.717, 1.165) is 18.4 Å². The second kappa shape index (κ2) is 6.75. The van der Waals surface area contributed by atoms with Gasteiger partial charge >= 0.3 is 0 Å². The number of hydrogen-bond donors (Lipinski definition) is 1. The standard InChI is InChI=1S/C11H16ClFN2/c1-2-11(3-4-12)15-7-9-5-10(13)8-14-6-9/h5-6,8,11,15H,2-4,7H2,1H3. The van der Waals surface area contributed by atoms with Gasteiger partial charge in [0.2, 0.25) is 0 Å². The Balaban J connectivity index is 2.41. The molecule has 15 heavy (non-hydrogen) atoms. The van der Waals surface area contributed by atoms with Gasteiger partial charge in [-0.3, -0.25) is 4.98 Å². The molecule has 0 bridgehead atoms. The van der Waals surface area contributed by atoms with Crippen LogP contribution in [-0.4, -0.2) is 16.9 Å². The summed E-state index contributed by atoms with van der Waals surface area (Å²) in [5.74, 6) is 0.354. The van der Waals surface area contributed by atoms with Gasteiger partial charge in [-0.25, -0.2) is 4.39 Å². The minimum absolute atomic E-state index is 0.292. The van der Waals surface area contributed by atoms with Crippen molar-refractivity contribution in [3.05, 3.63) is 29.8 Å². The van der Waals surface area contributed by atoms with Gasteiger partial charge in [0.25, 0.3) is 0 Å². The van der Waals surface area contributed by atoms with Crippen LogP contribution in [-0.2, 0) is 6.54 Å². The van der Waals surface area contributed by atoms with Gasteiger partial charge < -0.3 is 5.32 Å². The molecule has 1 unspecified atom stereocenters. The Labute approximate surface area is 94.9 Å². The smallest absolute Gasteiger partial charge is 0.141 e. The van der Waals surface area contributed by atoms with Crippen LogP contribution in [0.3, 0.4) is 0 Å². The molecule has 0 aliphatic rings. The van der Waals surface area contributed by atoms with Crippen LogP contribution in [0.5, 0.6) is 0 Å². The van der Waals surface area contributed by atoms with Gasteiger partial charge in [0, 0.05) is 24.7 Å². The highest BCUT2D eigenvalue weighted by Crippen LogP contribution is 2.04. The zero-order valence-corrected chi connectivity index (χ0v) is 9.60. The van der Waals surface area contributed by atoms with Crippen LogP contribution in [0.4, 0.5) is 4.39 Å². The molecular formula is C11H16ClFN2. The van der Waals surface area contributed by atoms with E-state index in [1.807, 2.05) is 0 Å². The SMILES string of the molecule is CCC(CCCl)NCc1cncc(F)c1. The van der Waals surface area contributed by atoms with E-state index in [1.54, 1.807) is 6.20 Å². The van der Waals surface area contributed by atoms with Crippen LogP contribution in [0.15, 0.2) is 18.5 Å². The summed E-state index contributed by atoms with van der Waals surface area (Å²) in [5.41, 5.74) is 0.864. The molecule has 1 aromatic rings. The van der Waals surface area contributed by atoms with Crippen molar-refractivity contribution in [1.29, 1.82) is 0 Å². The van der Waals surface area contributed by atoms with Crippen molar-refractivity contribution in [2.75, 3.05) is 5.88 Å². The molecule has 2 nitrogen and oxygen atoms in total. The summed E-state index contributed by atoms with van der Waals surface area (Å²) in [5, 5.41) is 3.32. The summed E-state index contributed by atoms with van der Waals surface area (Å²) in [6.07, 6.45) is 4.83. The third-order valence-corrected chi connectivity index (χ3v) is 2.52. The number of nitrogens with zero attached hydrogens (tertiary/aromatic N) is 1. The minimum Gasteiger partial charge on any atom is -0.310 e. The fourth-order valence-electron chi connectivity index (χ4n) is 1.40. The van der Waals surface area contributed by atoms with Gasteiger partial charge in [0.05, 0.1) is 6.20 Å². The average molecular weight is 231 g/mol. The van der Waals surface area contributed by atoms with Crippen LogP contribution >= 0.6 is 11.6 Å². The van der Waals surface area contributed by atoms with Crippen molar-refractivity contribution >= 4 is 11.6 Å². The van der Waals surface area contributed by atoms with Crippen LogP contribution in [0.1, 0.15) is 25.3 Å². The highest BCUT2D eigenvalue weighted by atomic mass is 35.5. The van der Waals surface area contributed by atoms with E-state index in [4.69, 9.17) is 11.6 Å². The third kappa shape index (κ3) is 4.58. The third-order valence-electron chi connectivity index (χ3n) is 2.31. The van der Waals surface area contributed by atoms with Gasteiger partial charge in [-0.2, -0.15) is 0 Å². The summed E-state index contributed by atoms with van der Waals surface area (Å²) in [6.45, 7) is 2.74. The van der Waals surface area contributed by atoms with E-state index in [0.29, 0.717) is 18.5 Å². The molecule has 1 aromatic heterocycles. The van der Waals surface area contributed by atoms with Crippen molar-refractivity contribution in [2.45, 2.75) is 32.4 Å². The monoisotopic (exact) mass is 230 g/mol. The van der Waals surface area contributed by atoms with Gasteiger partial charge in [-0.1, -0.05) is 6.92 Å². The quantitative estimate of drug-likeness (QED) is 0.761. The minimum atomic E-state index is -0.292. The molecule has 0 aliphatic carbocycles. The molecule has 1 N–H and O–H groups in total. The lowest BCUT2D eigenvalue weighted by atomic mass is 10.1. The maximum Gasteiger partial charge on any atom is 0.141 e. The fraction of sp³-hybridized carbons (Fsp3) is 0.545. The Morgan fingerprint density at radius 1 is 1.53 bits per heavy atom. The summed E-state index contributed by atoms with van der Waals surface area (Å²) in [4.78, 5) is 3.79. The fourth-order valence-corrected chi connectivity index (χ4v) is 1.66. The average Bonchev–Trinajstić information content (AvgIpc) is 2.24. The molecule has 0 radical (unpaired) electrons. The summed E-state index contributed by atoms with van der Waals surface area (Å²) >= 11 is 5.67. The van der Waals surface area contributed by atoms with E-state index >= 15 is 0 Å². The molecule has 0 amide bonds. The second-order valence-corrected chi connectivity index (χ2v) is 3.85. The topological polar surface area (TPSA) is 24.9 Å². The Hall–Kier alpha value is -0.670. The van der Waals surface area contributed by atoms with Crippen LogP contribution < -0.4 is 5.32 Å². The summed E-state index contributed by atoms with van der Waals surface area (Å²) in [6, 6.07) is 1.89. The van der Waals surface area contributed by atoms with E-state index in [1.165, 1.54) is 12.3 Å². The molecule has 0 saturated carbocycles. The van der Waals surface area contributed by atoms with Crippen LogP contribution in [0.2, 0.25) is 0 Å². The lowest BCUT2D eigenvalue weighted by Gasteiger charge is -2.15. The molecular weight excluding hydrogens is 215 g/mol. The summed E-state index contributed by atoms with van der Waals surface area (Å²) in [7, 11) is 0. The maximum absolute atomic E-state index is 12.8. The normalized spacial score (nSPS) is 12.7. The van der Waals surface area contributed by atoms with Crippen molar-refractivity contribution in [3.8, 4) is 0 Å². The van der Waals surface area contributed by atoms with E-state index in [2.05, 4.69) is 17.2 Å². The molecule has 1 heterocycles.